The van der Waals surface area contributed by atoms with Crippen LogP contribution in [-0.2, 0) is 9.59 Å². The number of rotatable bonds is 2. The fraction of sp³-hybridized carbons (Fsp3) is 0.294. The van der Waals surface area contributed by atoms with Gasteiger partial charge in [-0.15, -0.1) is 0 Å². The van der Waals surface area contributed by atoms with E-state index in [1.807, 2.05) is 5.32 Å². The van der Waals surface area contributed by atoms with Crippen molar-refractivity contribution >= 4 is 64.8 Å². The van der Waals surface area contributed by atoms with Gasteiger partial charge in [0.15, 0.2) is 0 Å². The van der Waals surface area contributed by atoms with E-state index in [-0.39, 0.29) is 24.8 Å². The summed E-state index contributed by atoms with van der Waals surface area (Å²) in [5, 5.41) is 5.05. The van der Waals surface area contributed by atoms with Crippen LogP contribution in [0.25, 0.3) is 0 Å². The number of hydrogen-bond donors (Lipinski definition) is 3. The molecule has 2 saturated heterocycles. The zero-order valence-electron chi connectivity index (χ0n) is 16.3. The molecule has 0 aromatic heterocycles. The van der Waals surface area contributed by atoms with Gasteiger partial charge in [0, 0.05) is 16.1 Å². The molecule has 0 atom stereocenters. The third kappa shape index (κ3) is 5.83. The van der Waals surface area contributed by atoms with Crippen molar-refractivity contribution in [3.8, 4) is 0 Å². The maximum atomic E-state index is 12.2. The van der Waals surface area contributed by atoms with E-state index < -0.39 is 35.9 Å². The van der Waals surface area contributed by atoms with Gasteiger partial charge in [0.25, 0.3) is 5.91 Å². The Balaban J connectivity index is 0.000000285. The fourth-order valence-corrected chi connectivity index (χ4v) is 3.04. The lowest BCUT2D eigenvalue weighted by atomic mass is 10.3. The molecule has 2 heterocycles. The largest absolute Gasteiger partial charge is 0.351 e. The van der Waals surface area contributed by atoms with Crippen LogP contribution in [0.4, 0.5) is 24.9 Å². The van der Waals surface area contributed by atoms with E-state index in [4.69, 9.17) is 28.9 Å². The maximum Gasteiger partial charge on any atom is 0.340 e. The van der Waals surface area contributed by atoms with E-state index in [9.17, 15) is 28.8 Å². The van der Waals surface area contributed by atoms with Crippen molar-refractivity contribution in [2.75, 3.05) is 18.0 Å². The molecule has 0 saturated carbocycles. The minimum Gasteiger partial charge on any atom is -0.351 e. The molecular weight excluding hydrogens is 455 g/mol. The summed E-state index contributed by atoms with van der Waals surface area (Å²) in [5.41, 5.74) is 4.96. The molecule has 2 aliphatic heterocycles. The fourth-order valence-electron chi connectivity index (χ4n) is 2.53. The van der Waals surface area contributed by atoms with Crippen LogP contribution >= 0.6 is 23.2 Å². The third-order valence-electron chi connectivity index (χ3n) is 3.79. The third-order valence-corrected chi connectivity index (χ3v) is 4.22. The molecule has 4 N–H and O–H groups in total. The standard InChI is InChI=1S/C13H13Cl2N3O3.C4H5N3O3/c1-7(2)16-12(20)17-6-11(19)18(13(17)21)10-4-8(14)3-9(15)5-10;5-3(9)7-1-2(8)6-4(7)10/h3-5,7H,6H2,1-2H3,(H,16,20);1H2,(H2,5,9)(H,6,8,10). The Morgan fingerprint density at radius 3 is 2.03 bits per heavy atom. The van der Waals surface area contributed by atoms with Crippen LogP contribution in [0.2, 0.25) is 10.0 Å². The predicted octanol–water partition coefficient (Wildman–Crippen LogP) is 1.50. The van der Waals surface area contributed by atoms with Crippen molar-refractivity contribution in [3.05, 3.63) is 28.2 Å². The number of anilines is 1. The van der Waals surface area contributed by atoms with Crippen molar-refractivity contribution in [3.63, 3.8) is 0 Å². The lowest BCUT2D eigenvalue weighted by molar-refractivity contribution is -0.118. The van der Waals surface area contributed by atoms with E-state index in [1.165, 1.54) is 18.2 Å². The highest BCUT2D eigenvalue weighted by atomic mass is 35.5. The lowest BCUT2D eigenvalue weighted by Gasteiger charge is -2.18. The quantitative estimate of drug-likeness (QED) is 0.552. The summed E-state index contributed by atoms with van der Waals surface area (Å²) in [4.78, 5) is 69.7. The van der Waals surface area contributed by atoms with Crippen LogP contribution < -0.4 is 21.3 Å². The summed E-state index contributed by atoms with van der Waals surface area (Å²) in [6, 6.07) is 1.22. The average Bonchev–Trinajstić information content (AvgIpc) is 3.12. The predicted molar refractivity (Wildman–Crippen MR) is 110 cm³/mol. The molecule has 0 radical (unpaired) electrons. The van der Waals surface area contributed by atoms with Gasteiger partial charge in [-0.2, -0.15) is 0 Å². The normalized spacial score (nSPS) is 15.8. The van der Waals surface area contributed by atoms with Crippen molar-refractivity contribution in [2.45, 2.75) is 19.9 Å². The molecule has 2 fully saturated rings. The first-order valence-corrected chi connectivity index (χ1v) is 9.48. The minimum absolute atomic E-state index is 0.143. The highest BCUT2D eigenvalue weighted by molar-refractivity contribution is 6.35. The Hall–Kier alpha value is -3.38. The number of carbonyl (C=O) groups excluding carboxylic acids is 6. The molecule has 3 rings (SSSR count). The van der Waals surface area contributed by atoms with Gasteiger partial charge in [-0.05, 0) is 32.0 Å². The Morgan fingerprint density at radius 1 is 1.03 bits per heavy atom. The van der Waals surface area contributed by atoms with Gasteiger partial charge in [-0.3, -0.25) is 14.9 Å². The monoisotopic (exact) mass is 472 g/mol. The van der Waals surface area contributed by atoms with Crippen LogP contribution in [0.3, 0.4) is 0 Å². The van der Waals surface area contributed by atoms with Crippen LogP contribution in [0.15, 0.2) is 18.2 Å². The molecule has 12 nitrogen and oxygen atoms in total. The van der Waals surface area contributed by atoms with E-state index in [1.54, 1.807) is 13.8 Å². The van der Waals surface area contributed by atoms with Crippen LogP contribution in [0.1, 0.15) is 13.8 Å². The number of primary amides is 1. The van der Waals surface area contributed by atoms with Crippen LogP contribution in [0.5, 0.6) is 0 Å². The summed E-state index contributed by atoms with van der Waals surface area (Å²) in [7, 11) is 0. The Bertz CT molecular complexity index is 948. The van der Waals surface area contributed by atoms with Gasteiger partial charge in [0.1, 0.15) is 13.1 Å². The highest BCUT2D eigenvalue weighted by Crippen LogP contribution is 2.28. The summed E-state index contributed by atoms with van der Waals surface area (Å²) < 4.78 is 0. The molecule has 1 aromatic carbocycles. The molecule has 31 heavy (non-hydrogen) atoms. The van der Waals surface area contributed by atoms with Crippen LogP contribution in [0, 0.1) is 0 Å². The number of hydrogen-bond acceptors (Lipinski definition) is 6. The van der Waals surface area contributed by atoms with Gasteiger partial charge in [0.2, 0.25) is 5.91 Å². The van der Waals surface area contributed by atoms with Crippen molar-refractivity contribution in [2.24, 2.45) is 5.73 Å². The number of halogens is 2. The molecule has 14 heteroatoms. The second kappa shape index (κ2) is 9.62. The number of nitrogens with two attached hydrogens (primary N) is 1. The maximum absolute atomic E-state index is 12.2. The Labute approximate surface area is 186 Å². The second-order valence-corrected chi connectivity index (χ2v) is 7.48. The number of nitrogens with one attached hydrogen (secondary N) is 2. The van der Waals surface area contributed by atoms with E-state index in [0.29, 0.717) is 14.9 Å². The van der Waals surface area contributed by atoms with Gasteiger partial charge in [-0.1, -0.05) is 23.2 Å². The van der Waals surface area contributed by atoms with Gasteiger partial charge >= 0.3 is 24.1 Å². The smallest absolute Gasteiger partial charge is 0.340 e. The highest BCUT2D eigenvalue weighted by Gasteiger charge is 2.41. The van der Waals surface area contributed by atoms with E-state index in [2.05, 4.69) is 5.32 Å². The van der Waals surface area contributed by atoms with Gasteiger partial charge < -0.3 is 11.1 Å². The van der Waals surface area contributed by atoms with Gasteiger partial charge in [-0.25, -0.2) is 33.9 Å². The number of benzene rings is 1. The molecule has 1 aromatic rings. The zero-order valence-corrected chi connectivity index (χ0v) is 17.9. The van der Waals surface area contributed by atoms with Crippen molar-refractivity contribution < 1.29 is 28.8 Å². The van der Waals surface area contributed by atoms with Gasteiger partial charge in [0.05, 0.1) is 5.69 Å². The number of carbonyl (C=O) groups is 6. The SMILES string of the molecule is CC(C)NC(=O)N1CC(=O)N(c2cc(Cl)cc(Cl)c2)C1=O.NC(=O)N1CC(=O)NC1=O. The van der Waals surface area contributed by atoms with E-state index in [0.717, 1.165) is 9.80 Å². The number of urea groups is 4. The summed E-state index contributed by atoms with van der Waals surface area (Å²) >= 11 is 11.7. The van der Waals surface area contributed by atoms with E-state index >= 15 is 0 Å². The number of imide groups is 4. The van der Waals surface area contributed by atoms with Crippen molar-refractivity contribution in [1.29, 1.82) is 0 Å². The topological polar surface area (TPSA) is 162 Å². The molecule has 0 aliphatic carbocycles. The molecule has 166 valence electrons. The summed E-state index contributed by atoms with van der Waals surface area (Å²) in [6.07, 6.45) is 0. The molecule has 10 amide bonds. The second-order valence-electron chi connectivity index (χ2n) is 6.61. The van der Waals surface area contributed by atoms with Crippen molar-refractivity contribution in [1.82, 2.24) is 20.4 Å². The Morgan fingerprint density at radius 2 is 1.61 bits per heavy atom. The molecule has 0 unspecified atom stereocenters. The average molecular weight is 473 g/mol. The summed E-state index contributed by atoms with van der Waals surface area (Å²) in [6.45, 7) is 2.93. The molecular formula is C17H18Cl2N6O6. The molecule has 2 aliphatic rings. The molecule has 0 spiro atoms. The Kier molecular flexibility index (Phi) is 7.41. The number of amides is 10. The molecule has 0 bridgehead atoms. The first-order chi connectivity index (χ1) is 14.4. The zero-order chi connectivity index (χ0) is 23.5. The minimum atomic E-state index is -0.914. The lowest BCUT2D eigenvalue weighted by Crippen LogP contribution is -2.45. The number of nitrogens with zero attached hydrogens (tertiary/aromatic N) is 3. The first-order valence-electron chi connectivity index (χ1n) is 8.72. The van der Waals surface area contributed by atoms with Crippen LogP contribution in [-0.4, -0.2) is 64.9 Å². The first kappa shape index (κ1) is 23.9. The summed E-state index contributed by atoms with van der Waals surface area (Å²) in [5.74, 6) is -1.03.